The first-order chi connectivity index (χ1) is 6.84. The second-order valence-electron chi connectivity index (χ2n) is 3.22. The molecule has 0 radical (unpaired) electrons. The summed E-state index contributed by atoms with van der Waals surface area (Å²) >= 11 is 0. The Morgan fingerprint density at radius 1 is 1.29 bits per heavy atom. The van der Waals surface area contributed by atoms with E-state index >= 15 is 0 Å². The van der Waals surface area contributed by atoms with Crippen molar-refractivity contribution in [3.63, 3.8) is 0 Å². The lowest BCUT2D eigenvalue weighted by Gasteiger charge is -2.02. The van der Waals surface area contributed by atoms with Gasteiger partial charge in [0, 0.05) is 25.4 Å². The number of unbranched alkanes of at least 4 members (excludes halogenated alkanes) is 3. The van der Waals surface area contributed by atoms with Gasteiger partial charge in [-0.3, -0.25) is 4.79 Å². The van der Waals surface area contributed by atoms with Gasteiger partial charge in [0.25, 0.3) is 5.56 Å². The highest BCUT2D eigenvalue weighted by molar-refractivity contribution is 4.84. The van der Waals surface area contributed by atoms with Gasteiger partial charge in [0.1, 0.15) is 0 Å². The Labute approximate surface area is 83.2 Å². The molecule has 0 saturated heterocycles. The quantitative estimate of drug-likeness (QED) is 0.684. The maximum atomic E-state index is 11.2. The van der Waals surface area contributed by atoms with Crippen LogP contribution in [-0.2, 0) is 6.54 Å². The van der Waals surface area contributed by atoms with Crippen molar-refractivity contribution >= 4 is 0 Å². The molecular formula is C10H16N2O2. The van der Waals surface area contributed by atoms with Crippen LogP contribution < -0.4 is 5.56 Å². The fourth-order valence-electron chi connectivity index (χ4n) is 1.28. The van der Waals surface area contributed by atoms with E-state index in [1.54, 1.807) is 12.3 Å². The lowest BCUT2D eigenvalue weighted by atomic mass is 10.2. The average Bonchev–Trinajstić information content (AvgIpc) is 2.20. The van der Waals surface area contributed by atoms with E-state index in [0.29, 0.717) is 6.54 Å². The lowest BCUT2D eigenvalue weighted by Crippen LogP contribution is -2.21. The minimum atomic E-state index is -0.0466. The molecule has 1 heterocycles. The Kier molecular flexibility index (Phi) is 4.93. The standard InChI is InChI=1S/C10H16N2O2/c13-9-4-2-1-3-8-12-10(14)6-5-7-11-12/h5-7,13H,1-4,8-9H2. The highest BCUT2D eigenvalue weighted by Crippen LogP contribution is 1.99. The third kappa shape index (κ3) is 3.70. The van der Waals surface area contributed by atoms with Crippen LogP contribution >= 0.6 is 0 Å². The molecule has 78 valence electrons. The Bertz CT molecular complexity index is 309. The van der Waals surface area contributed by atoms with Crippen molar-refractivity contribution in [2.24, 2.45) is 0 Å². The monoisotopic (exact) mass is 196 g/mol. The van der Waals surface area contributed by atoms with E-state index in [0.717, 1.165) is 25.7 Å². The van der Waals surface area contributed by atoms with Gasteiger partial charge in [-0.2, -0.15) is 5.10 Å². The van der Waals surface area contributed by atoms with Gasteiger partial charge < -0.3 is 5.11 Å². The number of aliphatic hydroxyl groups excluding tert-OH is 1. The zero-order valence-corrected chi connectivity index (χ0v) is 8.22. The van der Waals surface area contributed by atoms with E-state index in [1.807, 2.05) is 0 Å². The molecule has 0 spiro atoms. The Morgan fingerprint density at radius 2 is 2.07 bits per heavy atom. The Morgan fingerprint density at radius 3 is 2.79 bits per heavy atom. The van der Waals surface area contributed by atoms with Crippen LogP contribution in [0.15, 0.2) is 23.1 Å². The van der Waals surface area contributed by atoms with Crippen molar-refractivity contribution in [3.8, 4) is 0 Å². The smallest absolute Gasteiger partial charge is 0.266 e. The molecule has 0 unspecified atom stereocenters. The lowest BCUT2D eigenvalue weighted by molar-refractivity contribution is 0.282. The molecule has 1 rings (SSSR count). The van der Waals surface area contributed by atoms with Gasteiger partial charge in [0.05, 0.1) is 0 Å². The second-order valence-corrected chi connectivity index (χ2v) is 3.22. The highest BCUT2D eigenvalue weighted by atomic mass is 16.2. The summed E-state index contributed by atoms with van der Waals surface area (Å²) in [6.07, 6.45) is 5.45. The van der Waals surface area contributed by atoms with E-state index in [-0.39, 0.29) is 12.2 Å². The van der Waals surface area contributed by atoms with E-state index in [4.69, 9.17) is 5.11 Å². The average molecular weight is 196 g/mol. The summed E-state index contributed by atoms with van der Waals surface area (Å²) in [5.41, 5.74) is -0.0466. The topological polar surface area (TPSA) is 55.1 Å². The summed E-state index contributed by atoms with van der Waals surface area (Å²) in [4.78, 5) is 11.2. The van der Waals surface area contributed by atoms with Crippen LogP contribution in [0.25, 0.3) is 0 Å². The number of hydrogen-bond acceptors (Lipinski definition) is 3. The summed E-state index contributed by atoms with van der Waals surface area (Å²) in [6, 6.07) is 3.16. The molecule has 0 amide bonds. The molecule has 4 heteroatoms. The summed E-state index contributed by atoms with van der Waals surface area (Å²) in [6.45, 7) is 0.925. The third-order valence-corrected chi connectivity index (χ3v) is 2.06. The zero-order chi connectivity index (χ0) is 10.2. The first kappa shape index (κ1) is 10.9. The molecule has 1 N–H and O–H groups in total. The first-order valence-electron chi connectivity index (χ1n) is 4.97. The fraction of sp³-hybridized carbons (Fsp3) is 0.600. The number of aromatic nitrogens is 2. The maximum absolute atomic E-state index is 11.2. The number of hydrogen-bond donors (Lipinski definition) is 1. The molecule has 0 aromatic carbocycles. The van der Waals surface area contributed by atoms with E-state index in [2.05, 4.69) is 5.10 Å². The first-order valence-corrected chi connectivity index (χ1v) is 4.97. The zero-order valence-electron chi connectivity index (χ0n) is 8.22. The van der Waals surface area contributed by atoms with Gasteiger partial charge >= 0.3 is 0 Å². The van der Waals surface area contributed by atoms with Crippen LogP contribution in [0, 0.1) is 0 Å². The van der Waals surface area contributed by atoms with Crippen LogP contribution in [0.5, 0.6) is 0 Å². The number of aryl methyl sites for hydroxylation is 1. The van der Waals surface area contributed by atoms with Crippen LogP contribution in [0.1, 0.15) is 25.7 Å². The molecule has 0 aliphatic heterocycles. The Balaban J connectivity index is 2.25. The molecule has 0 saturated carbocycles. The van der Waals surface area contributed by atoms with E-state index in [1.165, 1.54) is 10.7 Å². The molecule has 14 heavy (non-hydrogen) atoms. The van der Waals surface area contributed by atoms with Gasteiger partial charge in [-0.1, -0.05) is 12.8 Å². The fourth-order valence-corrected chi connectivity index (χ4v) is 1.28. The number of nitrogens with zero attached hydrogens (tertiary/aromatic N) is 2. The number of aliphatic hydroxyl groups is 1. The van der Waals surface area contributed by atoms with Crippen LogP contribution in [0.4, 0.5) is 0 Å². The molecule has 1 aromatic heterocycles. The highest BCUT2D eigenvalue weighted by Gasteiger charge is 1.94. The molecule has 0 atom stereocenters. The predicted molar refractivity (Wildman–Crippen MR) is 54.1 cm³/mol. The van der Waals surface area contributed by atoms with Gasteiger partial charge in [-0.25, -0.2) is 4.68 Å². The summed E-state index contributed by atoms with van der Waals surface area (Å²) in [7, 11) is 0. The van der Waals surface area contributed by atoms with Crippen molar-refractivity contribution in [3.05, 3.63) is 28.7 Å². The maximum Gasteiger partial charge on any atom is 0.266 e. The normalized spacial score (nSPS) is 10.4. The molecule has 0 fully saturated rings. The molecule has 4 nitrogen and oxygen atoms in total. The molecule has 0 aliphatic carbocycles. The van der Waals surface area contributed by atoms with Crippen LogP contribution in [0.2, 0.25) is 0 Å². The number of rotatable bonds is 6. The van der Waals surface area contributed by atoms with Gasteiger partial charge in [-0.05, 0) is 18.9 Å². The SMILES string of the molecule is O=c1cccnn1CCCCCCO. The van der Waals surface area contributed by atoms with Crippen LogP contribution in [-0.4, -0.2) is 21.5 Å². The Hall–Kier alpha value is -1.16. The van der Waals surface area contributed by atoms with Gasteiger partial charge in [0.15, 0.2) is 0 Å². The summed E-state index contributed by atoms with van der Waals surface area (Å²) < 4.78 is 1.47. The van der Waals surface area contributed by atoms with Gasteiger partial charge in [0.2, 0.25) is 0 Å². The van der Waals surface area contributed by atoms with E-state index in [9.17, 15) is 4.79 Å². The molecule has 0 aliphatic rings. The summed E-state index contributed by atoms with van der Waals surface area (Å²) in [5.74, 6) is 0. The van der Waals surface area contributed by atoms with Crippen molar-refractivity contribution in [2.75, 3.05) is 6.61 Å². The second kappa shape index (κ2) is 6.32. The van der Waals surface area contributed by atoms with Crippen molar-refractivity contribution in [1.82, 2.24) is 9.78 Å². The third-order valence-electron chi connectivity index (χ3n) is 2.06. The molecule has 1 aromatic rings. The van der Waals surface area contributed by atoms with E-state index < -0.39 is 0 Å². The largest absolute Gasteiger partial charge is 0.396 e. The summed E-state index contributed by atoms with van der Waals surface area (Å²) in [5, 5.41) is 12.5. The minimum Gasteiger partial charge on any atom is -0.396 e. The van der Waals surface area contributed by atoms with Gasteiger partial charge in [-0.15, -0.1) is 0 Å². The van der Waals surface area contributed by atoms with Crippen molar-refractivity contribution in [1.29, 1.82) is 0 Å². The molecular weight excluding hydrogens is 180 g/mol. The minimum absolute atomic E-state index is 0.0466. The molecule has 0 bridgehead atoms. The van der Waals surface area contributed by atoms with Crippen molar-refractivity contribution in [2.45, 2.75) is 32.2 Å². The predicted octanol–water partition coefficient (Wildman–Crippen LogP) is 0.796. The van der Waals surface area contributed by atoms with Crippen LogP contribution in [0.3, 0.4) is 0 Å². The van der Waals surface area contributed by atoms with Crippen molar-refractivity contribution < 1.29 is 5.11 Å².